The van der Waals surface area contributed by atoms with Crippen molar-refractivity contribution in [2.75, 3.05) is 13.7 Å². The molecule has 1 heterocycles. The summed E-state index contributed by atoms with van der Waals surface area (Å²) in [6.45, 7) is 4.23. The Morgan fingerprint density at radius 1 is 1.14 bits per heavy atom. The molecule has 0 saturated carbocycles. The number of aromatic hydroxyl groups is 1. The Hall–Kier alpha value is -3.12. The summed E-state index contributed by atoms with van der Waals surface area (Å²) in [4.78, 5) is 12.7. The minimum atomic E-state index is -0.285. The van der Waals surface area contributed by atoms with Crippen LogP contribution in [-0.2, 0) is 11.8 Å². The molecule has 0 bridgehead atoms. The topological polar surface area (TPSA) is 76.4 Å². The number of phenolic OH excluding ortho intramolecular Hbond substituents is 1. The summed E-state index contributed by atoms with van der Waals surface area (Å²) in [5.74, 6) is 0.116. The van der Waals surface area contributed by atoms with Gasteiger partial charge in [-0.25, -0.2) is 0 Å². The van der Waals surface area contributed by atoms with Gasteiger partial charge in [-0.3, -0.25) is 9.48 Å². The smallest absolute Gasteiger partial charge is 0.251 e. The maximum atomic E-state index is 12.7. The second-order valence-corrected chi connectivity index (χ2v) is 6.82. The number of nitrogens with one attached hydrogen (secondary N) is 1. The molecule has 0 aliphatic rings. The number of aromatic nitrogens is 2. The number of methoxy groups -OCH3 is 1. The van der Waals surface area contributed by atoms with Gasteiger partial charge >= 0.3 is 0 Å². The van der Waals surface area contributed by atoms with E-state index in [1.54, 1.807) is 36.2 Å². The number of hydrogen-bond acceptors (Lipinski definition) is 4. The van der Waals surface area contributed by atoms with E-state index in [0.717, 1.165) is 27.9 Å². The monoisotopic (exact) mass is 379 g/mol. The van der Waals surface area contributed by atoms with E-state index < -0.39 is 0 Å². The van der Waals surface area contributed by atoms with Gasteiger partial charge in [-0.05, 0) is 60.4 Å². The molecule has 146 valence electrons. The van der Waals surface area contributed by atoms with E-state index in [2.05, 4.69) is 10.4 Å². The van der Waals surface area contributed by atoms with Gasteiger partial charge in [0.05, 0.1) is 18.3 Å². The number of nitrogens with zero attached hydrogens (tertiary/aromatic N) is 2. The molecule has 0 unspecified atom stereocenters. The van der Waals surface area contributed by atoms with Gasteiger partial charge in [-0.1, -0.05) is 18.2 Å². The van der Waals surface area contributed by atoms with E-state index in [0.29, 0.717) is 12.2 Å². The number of ether oxygens (including phenoxy) is 1. The Morgan fingerprint density at radius 2 is 1.86 bits per heavy atom. The van der Waals surface area contributed by atoms with Crippen molar-refractivity contribution in [2.24, 2.45) is 7.05 Å². The third kappa shape index (κ3) is 3.92. The van der Waals surface area contributed by atoms with Crippen molar-refractivity contribution >= 4 is 5.91 Å². The van der Waals surface area contributed by atoms with Crippen LogP contribution in [-0.4, -0.2) is 34.5 Å². The van der Waals surface area contributed by atoms with E-state index in [1.165, 1.54) is 0 Å². The maximum Gasteiger partial charge on any atom is 0.251 e. The lowest BCUT2D eigenvalue weighted by Crippen LogP contribution is -2.32. The number of benzene rings is 2. The van der Waals surface area contributed by atoms with Crippen LogP contribution in [0.3, 0.4) is 0 Å². The Balaban J connectivity index is 1.80. The number of phenols is 1. The summed E-state index contributed by atoms with van der Waals surface area (Å²) in [7, 11) is 3.44. The standard InChI is InChI=1S/C22H25N3O3/c1-14-15(2)21(26)10-9-18(14)16-5-7-17(8-6-16)22(27)24-19(13-28-4)20-11-12-23-25(20)3/h5-12,19,26H,13H2,1-4H3,(H,24,27)/t19-/m1/s1. The van der Waals surface area contributed by atoms with E-state index >= 15 is 0 Å². The van der Waals surface area contributed by atoms with E-state index in [1.807, 2.05) is 45.2 Å². The Bertz CT molecular complexity index is 977. The molecule has 2 aromatic carbocycles. The molecule has 28 heavy (non-hydrogen) atoms. The lowest BCUT2D eigenvalue weighted by Gasteiger charge is -2.18. The van der Waals surface area contributed by atoms with Crippen LogP contribution >= 0.6 is 0 Å². The molecule has 1 atom stereocenters. The SMILES string of the molecule is COC[C@@H](NC(=O)c1ccc(-c2ccc(O)c(C)c2C)cc1)c1ccnn1C. The molecule has 0 saturated heterocycles. The second kappa shape index (κ2) is 8.27. The molecule has 0 aliphatic heterocycles. The number of aryl methyl sites for hydroxylation is 1. The highest BCUT2D eigenvalue weighted by molar-refractivity contribution is 5.95. The largest absolute Gasteiger partial charge is 0.508 e. The minimum absolute atomic E-state index is 0.173. The fraction of sp³-hybridized carbons (Fsp3) is 0.273. The summed E-state index contributed by atoms with van der Waals surface area (Å²) in [5, 5.41) is 17.0. The lowest BCUT2D eigenvalue weighted by molar-refractivity contribution is 0.0892. The molecule has 0 fully saturated rings. The van der Waals surface area contributed by atoms with Crippen LogP contribution in [0.15, 0.2) is 48.7 Å². The van der Waals surface area contributed by atoms with Crippen molar-refractivity contribution in [3.05, 3.63) is 71.0 Å². The molecular weight excluding hydrogens is 354 g/mol. The van der Waals surface area contributed by atoms with Crippen LogP contribution in [0, 0.1) is 13.8 Å². The van der Waals surface area contributed by atoms with Crippen LogP contribution < -0.4 is 5.32 Å². The van der Waals surface area contributed by atoms with E-state index in [4.69, 9.17) is 4.74 Å². The quantitative estimate of drug-likeness (QED) is 0.687. The Morgan fingerprint density at radius 3 is 2.46 bits per heavy atom. The summed E-state index contributed by atoms with van der Waals surface area (Å²) in [5.41, 5.74) is 5.36. The first-order chi connectivity index (χ1) is 13.4. The molecule has 6 nitrogen and oxygen atoms in total. The van der Waals surface area contributed by atoms with Gasteiger partial charge in [-0.2, -0.15) is 5.10 Å². The number of amides is 1. The highest BCUT2D eigenvalue weighted by atomic mass is 16.5. The normalized spacial score (nSPS) is 12.0. The minimum Gasteiger partial charge on any atom is -0.508 e. The van der Waals surface area contributed by atoms with Gasteiger partial charge in [0.1, 0.15) is 5.75 Å². The Kier molecular flexibility index (Phi) is 5.80. The summed E-state index contributed by atoms with van der Waals surface area (Å²) in [6, 6.07) is 12.6. The fourth-order valence-corrected chi connectivity index (χ4v) is 3.26. The first-order valence-electron chi connectivity index (χ1n) is 9.09. The average Bonchev–Trinajstić information content (AvgIpc) is 3.12. The number of hydrogen-bond donors (Lipinski definition) is 2. The fourth-order valence-electron chi connectivity index (χ4n) is 3.26. The molecule has 1 aromatic heterocycles. The molecule has 0 radical (unpaired) electrons. The van der Waals surface area contributed by atoms with Gasteiger partial charge in [0, 0.05) is 25.9 Å². The van der Waals surface area contributed by atoms with Crippen molar-refractivity contribution in [3.8, 4) is 16.9 Å². The predicted octanol–water partition coefficient (Wildman–Crippen LogP) is 3.53. The van der Waals surface area contributed by atoms with Crippen molar-refractivity contribution < 1.29 is 14.6 Å². The van der Waals surface area contributed by atoms with Crippen LogP contribution in [0.25, 0.3) is 11.1 Å². The summed E-state index contributed by atoms with van der Waals surface area (Å²) in [6.07, 6.45) is 1.70. The molecule has 1 amide bonds. The maximum absolute atomic E-state index is 12.7. The zero-order valence-electron chi connectivity index (χ0n) is 16.6. The molecule has 2 N–H and O–H groups in total. The summed E-state index contributed by atoms with van der Waals surface area (Å²) >= 11 is 0. The molecule has 6 heteroatoms. The van der Waals surface area contributed by atoms with Crippen molar-refractivity contribution in [1.29, 1.82) is 0 Å². The zero-order valence-corrected chi connectivity index (χ0v) is 16.6. The number of rotatable bonds is 6. The number of carbonyl (C=O) groups is 1. The van der Waals surface area contributed by atoms with E-state index in [-0.39, 0.29) is 17.7 Å². The first-order valence-corrected chi connectivity index (χ1v) is 9.09. The molecule has 3 aromatic rings. The van der Waals surface area contributed by atoms with Gasteiger partial charge in [0.2, 0.25) is 0 Å². The zero-order chi connectivity index (χ0) is 20.3. The second-order valence-electron chi connectivity index (χ2n) is 6.82. The predicted molar refractivity (Wildman–Crippen MR) is 108 cm³/mol. The van der Waals surface area contributed by atoms with Crippen LogP contribution in [0.1, 0.15) is 33.2 Å². The highest BCUT2D eigenvalue weighted by Gasteiger charge is 2.18. The number of carbonyl (C=O) groups excluding carboxylic acids is 1. The third-order valence-corrected chi connectivity index (χ3v) is 5.07. The van der Waals surface area contributed by atoms with Crippen LogP contribution in [0.2, 0.25) is 0 Å². The van der Waals surface area contributed by atoms with Gasteiger partial charge < -0.3 is 15.2 Å². The van der Waals surface area contributed by atoms with Crippen molar-refractivity contribution in [1.82, 2.24) is 15.1 Å². The van der Waals surface area contributed by atoms with Crippen molar-refractivity contribution in [3.63, 3.8) is 0 Å². The van der Waals surface area contributed by atoms with Gasteiger partial charge in [0.15, 0.2) is 0 Å². The molecular formula is C22H25N3O3. The molecule has 0 aliphatic carbocycles. The summed E-state index contributed by atoms with van der Waals surface area (Å²) < 4.78 is 6.98. The van der Waals surface area contributed by atoms with Crippen LogP contribution in [0.5, 0.6) is 5.75 Å². The van der Waals surface area contributed by atoms with Crippen LogP contribution in [0.4, 0.5) is 0 Å². The average molecular weight is 379 g/mol. The first kappa shape index (κ1) is 19.6. The molecule has 3 rings (SSSR count). The third-order valence-electron chi connectivity index (χ3n) is 5.07. The van der Waals surface area contributed by atoms with Gasteiger partial charge in [0.25, 0.3) is 5.91 Å². The highest BCUT2D eigenvalue weighted by Crippen LogP contribution is 2.30. The van der Waals surface area contributed by atoms with Crippen molar-refractivity contribution in [2.45, 2.75) is 19.9 Å². The van der Waals surface area contributed by atoms with Gasteiger partial charge in [-0.15, -0.1) is 0 Å². The Labute approximate surface area is 164 Å². The lowest BCUT2D eigenvalue weighted by atomic mass is 9.95. The van der Waals surface area contributed by atoms with E-state index in [9.17, 15) is 9.90 Å². The molecule has 0 spiro atoms.